The fourth-order valence-electron chi connectivity index (χ4n) is 1.83. The summed E-state index contributed by atoms with van der Waals surface area (Å²) in [7, 11) is 2.20. The van der Waals surface area contributed by atoms with Crippen LogP contribution in [-0.2, 0) is 4.74 Å². The third-order valence-corrected chi connectivity index (χ3v) is 3.09. The fourth-order valence-corrected chi connectivity index (χ4v) is 1.83. The van der Waals surface area contributed by atoms with Gasteiger partial charge in [-0.2, -0.15) is 0 Å². The number of rotatable bonds is 7. The van der Waals surface area contributed by atoms with Crippen LogP contribution >= 0.6 is 0 Å². The van der Waals surface area contributed by atoms with Crippen molar-refractivity contribution in [1.82, 2.24) is 10.2 Å². The smallest absolute Gasteiger partial charge is 0.0593 e. The Morgan fingerprint density at radius 1 is 1.40 bits per heavy atom. The molecule has 0 aliphatic carbocycles. The van der Waals surface area contributed by atoms with E-state index in [1.165, 1.54) is 19.4 Å². The SMILES string of the molecule is CC(C)CCOCCN(C)C1CCNC1. The largest absolute Gasteiger partial charge is 0.380 e. The zero-order chi connectivity index (χ0) is 11.1. The third kappa shape index (κ3) is 5.50. The summed E-state index contributed by atoms with van der Waals surface area (Å²) >= 11 is 0. The van der Waals surface area contributed by atoms with Crippen molar-refractivity contribution in [3.63, 3.8) is 0 Å². The van der Waals surface area contributed by atoms with Gasteiger partial charge in [-0.05, 0) is 32.4 Å². The van der Waals surface area contributed by atoms with Crippen molar-refractivity contribution >= 4 is 0 Å². The molecule has 1 rings (SSSR count). The third-order valence-electron chi connectivity index (χ3n) is 3.09. The van der Waals surface area contributed by atoms with Crippen molar-refractivity contribution in [3.05, 3.63) is 0 Å². The highest BCUT2D eigenvalue weighted by atomic mass is 16.5. The molecule has 15 heavy (non-hydrogen) atoms. The van der Waals surface area contributed by atoms with Crippen molar-refractivity contribution in [2.75, 3.05) is 39.9 Å². The molecule has 1 atom stereocenters. The summed E-state index contributed by atoms with van der Waals surface area (Å²) in [5.74, 6) is 0.752. The van der Waals surface area contributed by atoms with Crippen molar-refractivity contribution < 1.29 is 4.74 Å². The van der Waals surface area contributed by atoms with Crippen LogP contribution in [0.5, 0.6) is 0 Å². The van der Waals surface area contributed by atoms with Gasteiger partial charge < -0.3 is 10.1 Å². The van der Waals surface area contributed by atoms with Crippen molar-refractivity contribution in [1.29, 1.82) is 0 Å². The average Bonchev–Trinajstić information content (AvgIpc) is 2.69. The van der Waals surface area contributed by atoms with E-state index in [4.69, 9.17) is 4.74 Å². The van der Waals surface area contributed by atoms with Gasteiger partial charge in [-0.25, -0.2) is 0 Å². The molecule has 3 nitrogen and oxygen atoms in total. The molecule has 0 aromatic carbocycles. The molecule has 0 aromatic heterocycles. The van der Waals surface area contributed by atoms with E-state index in [-0.39, 0.29) is 0 Å². The highest BCUT2D eigenvalue weighted by molar-refractivity contribution is 4.78. The molecule has 0 bridgehead atoms. The summed E-state index contributed by atoms with van der Waals surface area (Å²) in [6.07, 6.45) is 2.46. The number of ether oxygens (including phenoxy) is 1. The zero-order valence-corrected chi connectivity index (χ0v) is 10.5. The minimum Gasteiger partial charge on any atom is -0.380 e. The summed E-state index contributed by atoms with van der Waals surface area (Å²) in [6, 6.07) is 0.721. The van der Waals surface area contributed by atoms with E-state index >= 15 is 0 Å². The zero-order valence-electron chi connectivity index (χ0n) is 10.5. The molecule has 0 aromatic rings. The van der Waals surface area contributed by atoms with Gasteiger partial charge in [-0.3, -0.25) is 4.90 Å². The van der Waals surface area contributed by atoms with E-state index in [2.05, 4.69) is 31.1 Å². The topological polar surface area (TPSA) is 24.5 Å². The summed E-state index contributed by atoms with van der Waals surface area (Å²) in [5.41, 5.74) is 0. The lowest BCUT2D eigenvalue weighted by atomic mass is 10.1. The van der Waals surface area contributed by atoms with Crippen LogP contribution in [0.4, 0.5) is 0 Å². The highest BCUT2D eigenvalue weighted by Gasteiger charge is 2.18. The van der Waals surface area contributed by atoms with Gasteiger partial charge in [-0.1, -0.05) is 13.8 Å². The molecule has 0 amide bonds. The Bertz CT molecular complexity index is 156. The molecular formula is C12H26N2O. The van der Waals surface area contributed by atoms with Crippen LogP contribution in [0.15, 0.2) is 0 Å². The Labute approximate surface area is 94.2 Å². The normalized spacial score (nSPS) is 21.8. The quantitative estimate of drug-likeness (QED) is 0.647. The minimum absolute atomic E-state index is 0.721. The maximum Gasteiger partial charge on any atom is 0.0593 e. The summed E-state index contributed by atoms with van der Waals surface area (Å²) in [4.78, 5) is 2.41. The first-order valence-electron chi connectivity index (χ1n) is 6.19. The Morgan fingerprint density at radius 2 is 2.20 bits per heavy atom. The summed E-state index contributed by atoms with van der Waals surface area (Å²) in [5, 5.41) is 3.39. The van der Waals surface area contributed by atoms with Crippen LogP contribution in [-0.4, -0.2) is 50.8 Å². The second-order valence-corrected chi connectivity index (χ2v) is 4.92. The summed E-state index contributed by atoms with van der Waals surface area (Å²) in [6.45, 7) is 9.63. The number of nitrogens with one attached hydrogen (secondary N) is 1. The molecule has 0 radical (unpaired) electrons. The molecule has 1 fully saturated rings. The maximum atomic E-state index is 5.61. The van der Waals surface area contributed by atoms with Gasteiger partial charge in [0.1, 0.15) is 0 Å². The van der Waals surface area contributed by atoms with Crippen LogP contribution in [0.25, 0.3) is 0 Å². The molecule has 1 saturated heterocycles. The lowest BCUT2D eigenvalue weighted by molar-refractivity contribution is 0.0936. The first-order chi connectivity index (χ1) is 7.20. The Balaban J connectivity index is 1.94. The van der Waals surface area contributed by atoms with Gasteiger partial charge in [0.25, 0.3) is 0 Å². The lowest BCUT2D eigenvalue weighted by Gasteiger charge is -2.23. The van der Waals surface area contributed by atoms with Gasteiger partial charge in [0.2, 0.25) is 0 Å². The first kappa shape index (κ1) is 12.9. The molecule has 3 heteroatoms. The van der Waals surface area contributed by atoms with E-state index in [1.54, 1.807) is 0 Å². The standard InChI is InChI=1S/C12H26N2O/c1-11(2)5-8-15-9-7-14(3)12-4-6-13-10-12/h11-13H,4-10H2,1-3H3. The van der Waals surface area contributed by atoms with Crippen molar-refractivity contribution in [2.24, 2.45) is 5.92 Å². The number of likely N-dealkylation sites (N-methyl/N-ethyl adjacent to an activating group) is 1. The molecule has 0 spiro atoms. The first-order valence-corrected chi connectivity index (χ1v) is 6.19. The minimum atomic E-state index is 0.721. The molecule has 1 aliphatic rings. The molecule has 90 valence electrons. The van der Waals surface area contributed by atoms with Crippen molar-refractivity contribution in [2.45, 2.75) is 32.7 Å². The number of nitrogens with zero attached hydrogens (tertiary/aromatic N) is 1. The van der Waals surface area contributed by atoms with Crippen LogP contribution in [0.1, 0.15) is 26.7 Å². The lowest BCUT2D eigenvalue weighted by Crippen LogP contribution is -2.35. The van der Waals surface area contributed by atoms with Gasteiger partial charge in [0.15, 0.2) is 0 Å². The fraction of sp³-hybridized carbons (Fsp3) is 1.00. The Kier molecular flexibility index (Phi) is 6.22. The van der Waals surface area contributed by atoms with Gasteiger partial charge in [-0.15, -0.1) is 0 Å². The Hall–Kier alpha value is -0.120. The molecular weight excluding hydrogens is 188 g/mol. The maximum absolute atomic E-state index is 5.61. The van der Waals surface area contributed by atoms with E-state index in [9.17, 15) is 0 Å². The predicted octanol–water partition coefficient (Wildman–Crippen LogP) is 1.34. The van der Waals surface area contributed by atoms with Crippen LogP contribution in [0.3, 0.4) is 0 Å². The van der Waals surface area contributed by atoms with Gasteiger partial charge in [0.05, 0.1) is 6.61 Å². The van der Waals surface area contributed by atoms with Crippen molar-refractivity contribution in [3.8, 4) is 0 Å². The molecule has 1 aliphatic heterocycles. The van der Waals surface area contributed by atoms with E-state index in [0.29, 0.717) is 0 Å². The number of hydrogen-bond donors (Lipinski definition) is 1. The van der Waals surface area contributed by atoms with Gasteiger partial charge in [0, 0.05) is 25.7 Å². The number of hydrogen-bond acceptors (Lipinski definition) is 3. The van der Waals surface area contributed by atoms with Crippen LogP contribution in [0.2, 0.25) is 0 Å². The predicted molar refractivity (Wildman–Crippen MR) is 64.2 cm³/mol. The van der Waals surface area contributed by atoms with E-state index < -0.39 is 0 Å². The molecule has 1 unspecified atom stereocenters. The van der Waals surface area contributed by atoms with E-state index in [1.807, 2.05) is 0 Å². The average molecular weight is 214 g/mol. The van der Waals surface area contributed by atoms with Crippen LogP contribution in [0, 0.1) is 5.92 Å². The van der Waals surface area contributed by atoms with Gasteiger partial charge >= 0.3 is 0 Å². The monoisotopic (exact) mass is 214 g/mol. The molecule has 1 heterocycles. The van der Waals surface area contributed by atoms with Crippen LogP contribution < -0.4 is 5.32 Å². The Morgan fingerprint density at radius 3 is 2.80 bits per heavy atom. The summed E-state index contributed by atoms with van der Waals surface area (Å²) < 4.78 is 5.61. The van der Waals surface area contributed by atoms with E-state index in [0.717, 1.165) is 38.3 Å². The molecule has 0 saturated carbocycles. The second kappa shape index (κ2) is 7.20. The molecule has 1 N–H and O–H groups in total. The highest BCUT2D eigenvalue weighted by Crippen LogP contribution is 2.05. The second-order valence-electron chi connectivity index (χ2n) is 4.92.